The van der Waals surface area contributed by atoms with Crippen LogP contribution in [0.2, 0.25) is 5.02 Å². The van der Waals surface area contributed by atoms with Crippen LogP contribution in [0.4, 0.5) is 0 Å². The molecule has 3 nitrogen and oxygen atoms in total. The van der Waals surface area contributed by atoms with Gasteiger partial charge in [0.25, 0.3) is 0 Å². The highest BCUT2D eigenvalue weighted by Crippen LogP contribution is 2.23. The largest absolute Gasteiger partial charge is 0.481 e. The van der Waals surface area contributed by atoms with Crippen LogP contribution in [0, 0.1) is 0 Å². The van der Waals surface area contributed by atoms with Crippen LogP contribution in [0.1, 0.15) is 5.76 Å². The second kappa shape index (κ2) is 4.41. The standard InChI is InChI=1S/C12H9ClO3/c13-9-3-1-8(2-4-9)11-6-5-10(16-11)7-12(14)15/h1-6H,7H2,(H,14,15). The van der Waals surface area contributed by atoms with Gasteiger partial charge >= 0.3 is 5.97 Å². The van der Waals surface area contributed by atoms with Gasteiger partial charge in [0.15, 0.2) is 0 Å². The van der Waals surface area contributed by atoms with Gasteiger partial charge in [-0.15, -0.1) is 0 Å². The number of hydrogen-bond acceptors (Lipinski definition) is 2. The van der Waals surface area contributed by atoms with Crippen LogP contribution >= 0.6 is 11.6 Å². The molecule has 0 aliphatic heterocycles. The molecule has 2 rings (SSSR count). The highest BCUT2D eigenvalue weighted by atomic mass is 35.5. The van der Waals surface area contributed by atoms with Crippen molar-refractivity contribution in [3.63, 3.8) is 0 Å². The van der Waals surface area contributed by atoms with Gasteiger partial charge in [0.05, 0.1) is 0 Å². The number of furan rings is 1. The number of hydrogen-bond donors (Lipinski definition) is 1. The van der Waals surface area contributed by atoms with Crippen molar-refractivity contribution in [3.05, 3.63) is 47.2 Å². The lowest BCUT2D eigenvalue weighted by Gasteiger charge is -1.96. The maximum atomic E-state index is 10.5. The van der Waals surface area contributed by atoms with Gasteiger partial charge in [-0.2, -0.15) is 0 Å². The smallest absolute Gasteiger partial charge is 0.311 e. The third-order valence-corrected chi connectivity index (χ3v) is 2.37. The van der Waals surface area contributed by atoms with Gasteiger partial charge in [0, 0.05) is 10.6 Å². The molecule has 2 aromatic rings. The molecule has 0 bridgehead atoms. The van der Waals surface area contributed by atoms with E-state index in [1.807, 2.05) is 12.1 Å². The van der Waals surface area contributed by atoms with Crippen LogP contribution in [-0.2, 0) is 11.2 Å². The number of carboxylic acid groups (broad SMARTS) is 1. The van der Waals surface area contributed by atoms with Crippen LogP contribution in [0.25, 0.3) is 11.3 Å². The van der Waals surface area contributed by atoms with E-state index in [4.69, 9.17) is 21.1 Å². The van der Waals surface area contributed by atoms with E-state index in [0.29, 0.717) is 16.5 Å². The number of carbonyl (C=O) groups is 1. The Morgan fingerprint density at radius 3 is 2.50 bits per heavy atom. The maximum absolute atomic E-state index is 10.5. The summed E-state index contributed by atoms with van der Waals surface area (Å²) in [6, 6.07) is 10.6. The molecule has 0 aliphatic carbocycles. The van der Waals surface area contributed by atoms with Crippen molar-refractivity contribution in [3.8, 4) is 11.3 Å². The van der Waals surface area contributed by atoms with E-state index in [-0.39, 0.29) is 6.42 Å². The van der Waals surface area contributed by atoms with Crippen LogP contribution in [0.5, 0.6) is 0 Å². The third kappa shape index (κ3) is 2.44. The molecule has 4 heteroatoms. The molecule has 0 aliphatic rings. The summed E-state index contributed by atoms with van der Waals surface area (Å²) in [6.45, 7) is 0. The van der Waals surface area contributed by atoms with Gasteiger partial charge in [-0.3, -0.25) is 4.79 Å². The van der Waals surface area contributed by atoms with Crippen LogP contribution in [-0.4, -0.2) is 11.1 Å². The Bertz CT molecular complexity index is 499. The minimum Gasteiger partial charge on any atom is -0.481 e. The first-order valence-electron chi connectivity index (χ1n) is 4.71. The summed E-state index contributed by atoms with van der Waals surface area (Å²) in [5.41, 5.74) is 0.876. The van der Waals surface area contributed by atoms with Gasteiger partial charge in [0.2, 0.25) is 0 Å². The SMILES string of the molecule is O=C(O)Cc1ccc(-c2ccc(Cl)cc2)o1. The Morgan fingerprint density at radius 2 is 1.88 bits per heavy atom. The quantitative estimate of drug-likeness (QED) is 0.890. The van der Waals surface area contributed by atoms with Crippen LogP contribution in [0.15, 0.2) is 40.8 Å². The fourth-order valence-electron chi connectivity index (χ4n) is 1.39. The van der Waals surface area contributed by atoms with Crippen LogP contribution < -0.4 is 0 Å². The van der Waals surface area contributed by atoms with Gasteiger partial charge in [0.1, 0.15) is 17.9 Å². The molecule has 0 spiro atoms. The molecule has 0 fully saturated rings. The number of halogens is 1. The molecule has 1 aromatic heterocycles. The zero-order valence-corrected chi connectivity index (χ0v) is 9.07. The summed E-state index contributed by atoms with van der Waals surface area (Å²) >= 11 is 5.76. The number of rotatable bonds is 3. The first-order valence-corrected chi connectivity index (χ1v) is 5.09. The van der Waals surface area contributed by atoms with Crippen molar-refractivity contribution in [1.29, 1.82) is 0 Å². The second-order valence-corrected chi connectivity index (χ2v) is 3.78. The van der Waals surface area contributed by atoms with E-state index in [1.54, 1.807) is 24.3 Å². The third-order valence-electron chi connectivity index (χ3n) is 2.12. The average Bonchev–Trinajstić information content (AvgIpc) is 2.66. The number of aliphatic carboxylic acids is 1. The maximum Gasteiger partial charge on any atom is 0.311 e. The molecule has 1 aromatic carbocycles. The summed E-state index contributed by atoms with van der Waals surface area (Å²) in [6.07, 6.45) is -0.104. The lowest BCUT2D eigenvalue weighted by molar-refractivity contribution is -0.136. The fraction of sp³-hybridized carbons (Fsp3) is 0.0833. The minimum atomic E-state index is -0.906. The molecule has 0 radical (unpaired) electrons. The Kier molecular flexibility index (Phi) is 2.97. The molecular formula is C12H9ClO3. The van der Waals surface area contributed by atoms with Gasteiger partial charge in [-0.1, -0.05) is 11.6 Å². The molecule has 82 valence electrons. The Hall–Kier alpha value is -1.74. The Morgan fingerprint density at radius 1 is 1.19 bits per heavy atom. The lowest BCUT2D eigenvalue weighted by Crippen LogP contribution is -1.97. The summed E-state index contributed by atoms with van der Waals surface area (Å²) in [7, 11) is 0. The highest BCUT2D eigenvalue weighted by molar-refractivity contribution is 6.30. The molecule has 1 N–H and O–H groups in total. The van der Waals surface area contributed by atoms with E-state index < -0.39 is 5.97 Å². The van der Waals surface area contributed by atoms with Gasteiger partial charge in [-0.25, -0.2) is 0 Å². The van der Waals surface area contributed by atoms with E-state index in [0.717, 1.165) is 5.56 Å². The second-order valence-electron chi connectivity index (χ2n) is 3.34. The first-order chi connectivity index (χ1) is 7.65. The van der Waals surface area contributed by atoms with Gasteiger partial charge < -0.3 is 9.52 Å². The number of benzene rings is 1. The average molecular weight is 237 g/mol. The van der Waals surface area contributed by atoms with Crippen LogP contribution in [0.3, 0.4) is 0 Å². The minimum absolute atomic E-state index is 0.104. The van der Waals surface area contributed by atoms with E-state index in [2.05, 4.69) is 0 Å². The van der Waals surface area contributed by atoms with E-state index in [9.17, 15) is 4.79 Å². The summed E-state index contributed by atoms with van der Waals surface area (Å²) in [4.78, 5) is 10.5. The monoisotopic (exact) mass is 236 g/mol. The van der Waals surface area contributed by atoms with Gasteiger partial charge in [-0.05, 0) is 36.4 Å². The van der Waals surface area contributed by atoms with E-state index >= 15 is 0 Å². The number of carboxylic acids is 1. The predicted octanol–water partition coefficient (Wildman–Crippen LogP) is 3.23. The molecule has 0 saturated heterocycles. The summed E-state index contributed by atoms with van der Waals surface area (Å²) in [5.74, 6) is 0.183. The molecule has 0 amide bonds. The molecule has 1 heterocycles. The van der Waals surface area contributed by atoms with Crippen molar-refractivity contribution in [2.45, 2.75) is 6.42 Å². The normalized spacial score (nSPS) is 10.3. The zero-order chi connectivity index (χ0) is 11.5. The Labute approximate surface area is 97.3 Å². The molecule has 0 unspecified atom stereocenters. The molecule has 16 heavy (non-hydrogen) atoms. The lowest BCUT2D eigenvalue weighted by atomic mass is 10.2. The topological polar surface area (TPSA) is 50.4 Å². The molecule has 0 atom stereocenters. The van der Waals surface area contributed by atoms with Crippen molar-refractivity contribution in [2.75, 3.05) is 0 Å². The van der Waals surface area contributed by atoms with E-state index in [1.165, 1.54) is 0 Å². The highest BCUT2D eigenvalue weighted by Gasteiger charge is 2.07. The molecule has 0 saturated carbocycles. The zero-order valence-electron chi connectivity index (χ0n) is 8.31. The van der Waals surface area contributed by atoms with Crippen molar-refractivity contribution >= 4 is 17.6 Å². The summed E-state index contributed by atoms with van der Waals surface area (Å²) in [5, 5.41) is 9.26. The summed E-state index contributed by atoms with van der Waals surface area (Å²) < 4.78 is 5.40. The Balaban J connectivity index is 2.24. The van der Waals surface area contributed by atoms with Crippen molar-refractivity contribution < 1.29 is 14.3 Å². The fourth-order valence-corrected chi connectivity index (χ4v) is 1.52. The van der Waals surface area contributed by atoms with Crippen molar-refractivity contribution in [2.24, 2.45) is 0 Å². The predicted molar refractivity (Wildman–Crippen MR) is 60.5 cm³/mol. The molecular weight excluding hydrogens is 228 g/mol. The van der Waals surface area contributed by atoms with Crippen molar-refractivity contribution in [1.82, 2.24) is 0 Å². The first kappa shape index (κ1) is 10.8.